The first-order chi connectivity index (χ1) is 10.5. The Morgan fingerprint density at radius 3 is 2.73 bits per heavy atom. The first kappa shape index (κ1) is 17.5. The molecule has 4 unspecified atom stereocenters. The molecule has 1 aliphatic heterocycles. The van der Waals surface area contributed by atoms with E-state index in [4.69, 9.17) is 0 Å². The van der Waals surface area contributed by atoms with Crippen molar-refractivity contribution < 1.29 is 4.92 Å². The summed E-state index contributed by atoms with van der Waals surface area (Å²) in [6.45, 7) is 7.95. The zero-order chi connectivity index (χ0) is 16.1. The van der Waals surface area contributed by atoms with Gasteiger partial charge in [-0.25, -0.2) is 5.43 Å². The monoisotopic (exact) mass is 315 g/mol. The quantitative estimate of drug-likeness (QED) is 0.433. The molecule has 9 nitrogen and oxygen atoms in total. The summed E-state index contributed by atoms with van der Waals surface area (Å²) in [5.41, 5.74) is 2.80. The van der Waals surface area contributed by atoms with Gasteiger partial charge in [0.25, 0.3) is 0 Å². The van der Waals surface area contributed by atoms with Crippen LogP contribution in [0.3, 0.4) is 0 Å². The van der Waals surface area contributed by atoms with Crippen molar-refractivity contribution in [2.24, 2.45) is 0 Å². The van der Waals surface area contributed by atoms with Crippen LogP contribution in [-0.4, -0.2) is 65.6 Å². The van der Waals surface area contributed by atoms with Crippen molar-refractivity contribution >= 4 is 0 Å². The third-order valence-electron chi connectivity index (χ3n) is 4.70. The Bertz CT molecular complexity index is 368. The second-order valence-corrected chi connectivity index (χ2v) is 5.96. The molecule has 1 saturated heterocycles. The van der Waals surface area contributed by atoms with E-state index in [0.29, 0.717) is 19.3 Å². The molecule has 9 heteroatoms. The summed E-state index contributed by atoms with van der Waals surface area (Å²) >= 11 is 0. The molecular weight excluding hydrogens is 288 g/mol. The first-order valence-corrected chi connectivity index (χ1v) is 8.13. The SMILES string of the molecule is CCN(CC)CCNC1NC2CCC([N+](=O)[O-])CC2N([O-])N1. The Morgan fingerprint density at radius 1 is 1.36 bits per heavy atom. The van der Waals surface area contributed by atoms with Crippen LogP contribution in [0.4, 0.5) is 0 Å². The predicted octanol–water partition coefficient (Wildman–Crippen LogP) is -0.325. The molecule has 1 heterocycles. The Balaban J connectivity index is 1.79. The van der Waals surface area contributed by atoms with E-state index in [-0.39, 0.29) is 23.3 Å². The van der Waals surface area contributed by atoms with Crippen molar-refractivity contribution in [1.29, 1.82) is 0 Å². The lowest BCUT2D eigenvalue weighted by molar-refractivity contribution is -0.528. The van der Waals surface area contributed by atoms with E-state index in [2.05, 4.69) is 34.8 Å². The number of rotatable bonds is 7. The van der Waals surface area contributed by atoms with Crippen LogP contribution in [0.5, 0.6) is 0 Å². The normalized spacial score (nSPS) is 32.9. The number of nitrogens with zero attached hydrogens (tertiary/aromatic N) is 3. The van der Waals surface area contributed by atoms with Crippen molar-refractivity contribution in [2.45, 2.75) is 57.5 Å². The summed E-state index contributed by atoms with van der Waals surface area (Å²) in [7, 11) is 0. The van der Waals surface area contributed by atoms with Gasteiger partial charge < -0.3 is 15.3 Å². The van der Waals surface area contributed by atoms with Crippen LogP contribution in [0.1, 0.15) is 33.1 Å². The topological polar surface area (TPSA) is 109 Å². The zero-order valence-electron chi connectivity index (χ0n) is 13.3. The fourth-order valence-electron chi connectivity index (χ4n) is 3.26. The van der Waals surface area contributed by atoms with Gasteiger partial charge in [-0.05, 0) is 19.5 Å². The number of hydrogen-bond donors (Lipinski definition) is 3. The molecular formula is C13H27N6O3-. The third-order valence-corrected chi connectivity index (χ3v) is 4.70. The summed E-state index contributed by atoms with van der Waals surface area (Å²) in [6, 6.07) is -0.973. The highest BCUT2D eigenvalue weighted by atomic mass is 16.6. The molecule has 0 aromatic heterocycles. The molecule has 0 aromatic rings. The van der Waals surface area contributed by atoms with Crippen LogP contribution < -0.4 is 16.1 Å². The average Bonchev–Trinajstić information content (AvgIpc) is 2.51. The van der Waals surface area contributed by atoms with Crippen LogP contribution in [-0.2, 0) is 0 Å². The third kappa shape index (κ3) is 4.34. The van der Waals surface area contributed by atoms with E-state index < -0.39 is 6.04 Å². The van der Waals surface area contributed by atoms with Crippen molar-refractivity contribution in [1.82, 2.24) is 26.1 Å². The van der Waals surface area contributed by atoms with Gasteiger partial charge in [-0.15, -0.1) is 0 Å². The maximum absolute atomic E-state index is 12.1. The van der Waals surface area contributed by atoms with Gasteiger partial charge in [0.05, 0.1) is 0 Å². The number of fused-ring (bicyclic) bond motifs is 1. The number of nitrogens with one attached hydrogen (secondary N) is 3. The van der Waals surface area contributed by atoms with E-state index in [1.165, 1.54) is 0 Å². The Hall–Kier alpha value is -0.840. The van der Waals surface area contributed by atoms with Gasteiger partial charge in [-0.1, -0.05) is 13.8 Å². The molecule has 2 fully saturated rings. The van der Waals surface area contributed by atoms with Crippen LogP contribution in [0, 0.1) is 15.3 Å². The fraction of sp³-hybridized carbons (Fsp3) is 1.00. The number of hydrogen-bond acceptors (Lipinski definition) is 8. The molecule has 2 rings (SSSR count). The second-order valence-electron chi connectivity index (χ2n) is 5.96. The lowest BCUT2D eigenvalue weighted by atomic mass is 9.86. The summed E-state index contributed by atoms with van der Waals surface area (Å²) < 4.78 is 0. The molecule has 1 saturated carbocycles. The molecule has 0 aromatic carbocycles. The lowest BCUT2D eigenvalue weighted by Gasteiger charge is -2.52. The minimum Gasteiger partial charge on any atom is -0.771 e. The van der Waals surface area contributed by atoms with Crippen molar-refractivity contribution in [3.05, 3.63) is 15.3 Å². The van der Waals surface area contributed by atoms with Gasteiger partial charge in [-0.3, -0.25) is 20.7 Å². The molecule has 1 aliphatic carbocycles. The summed E-state index contributed by atoms with van der Waals surface area (Å²) in [5.74, 6) is 0. The molecule has 3 N–H and O–H groups in total. The van der Waals surface area contributed by atoms with Crippen molar-refractivity contribution in [3.63, 3.8) is 0 Å². The van der Waals surface area contributed by atoms with Crippen LogP contribution in [0.2, 0.25) is 0 Å². The minimum absolute atomic E-state index is 0.000836. The Morgan fingerprint density at radius 2 is 2.09 bits per heavy atom. The molecule has 4 atom stereocenters. The molecule has 0 bridgehead atoms. The van der Waals surface area contributed by atoms with Crippen LogP contribution in [0.15, 0.2) is 0 Å². The van der Waals surface area contributed by atoms with E-state index >= 15 is 0 Å². The van der Waals surface area contributed by atoms with Crippen molar-refractivity contribution in [3.8, 4) is 0 Å². The van der Waals surface area contributed by atoms with Crippen LogP contribution in [0.25, 0.3) is 0 Å². The summed E-state index contributed by atoms with van der Waals surface area (Å²) in [6.07, 6.45) is 1.21. The summed E-state index contributed by atoms with van der Waals surface area (Å²) in [5, 5.41) is 30.4. The molecule has 128 valence electrons. The van der Waals surface area contributed by atoms with E-state index in [9.17, 15) is 15.3 Å². The smallest absolute Gasteiger partial charge is 0.214 e. The molecule has 0 spiro atoms. The maximum atomic E-state index is 12.1. The Labute approximate surface area is 131 Å². The van der Waals surface area contributed by atoms with E-state index in [1.807, 2.05) is 0 Å². The lowest BCUT2D eigenvalue weighted by Crippen LogP contribution is -2.72. The number of hydrazine groups is 1. The fourth-order valence-corrected chi connectivity index (χ4v) is 3.26. The largest absolute Gasteiger partial charge is 0.771 e. The van der Waals surface area contributed by atoms with Crippen molar-refractivity contribution in [2.75, 3.05) is 26.2 Å². The van der Waals surface area contributed by atoms with Gasteiger partial charge in [-0.2, -0.15) is 0 Å². The Kier molecular flexibility index (Phi) is 6.48. The van der Waals surface area contributed by atoms with Gasteiger partial charge in [0.2, 0.25) is 6.04 Å². The van der Waals surface area contributed by atoms with Gasteiger partial charge >= 0.3 is 0 Å². The summed E-state index contributed by atoms with van der Waals surface area (Å²) in [4.78, 5) is 12.9. The van der Waals surface area contributed by atoms with E-state index in [1.54, 1.807) is 0 Å². The first-order valence-electron chi connectivity index (χ1n) is 8.13. The number of hydroxylamine groups is 1. The number of nitro groups is 1. The highest BCUT2D eigenvalue weighted by Crippen LogP contribution is 2.26. The zero-order valence-corrected chi connectivity index (χ0v) is 13.3. The minimum atomic E-state index is -0.603. The molecule has 22 heavy (non-hydrogen) atoms. The van der Waals surface area contributed by atoms with E-state index in [0.717, 1.165) is 31.4 Å². The highest BCUT2D eigenvalue weighted by Gasteiger charge is 2.40. The van der Waals surface area contributed by atoms with Gasteiger partial charge in [0, 0.05) is 42.9 Å². The van der Waals surface area contributed by atoms with Gasteiger partial charge in [0.1, 0.15) is 6.29 Å². The average molecular weight is 315 g/mol. The standard InChI is InChI=1S/C13H27N6O3/c1-3-17(4-2)8-7-14-13-15-11-6-5-10(19(21)22)9-12(11)18(20)16-13/h10-16H,3-9H2,1-2H3/q-1. The number of likely N-dealkylation sites (N-methyl/N-ethyl adjacent to an activating group) is 1. The predicted molar refractivity (Wildman–Crippen MR) is 83.3 cm³/mol. The molecule has 2 aliphatic rings. The maximum Gasteiger partial charge on any atom is 0.214 e. The molecule has 0 radical (unpaired) electrons. The highest BCUT2D eigenvalue weighted by molar-refractivity contribution is 4.95. The second kappa shape index (κ2) is 8.14. The van der Waals surface area contributed by atoms with Crippen LogP contribution >= 0.6 is 0 Å². The van der Waals surface area contributed by atoms with Gasteiger partial charge in [0.15, 0.2) is 0 Å². The molecule has 0 amide bonds.